The molecule has 0 bridgehead atoms. The number of aliphatic hydroxyl groups is 1. The summed E-state index contributed by atoms with van der Waals surface area (Å²) in [7, 11) is -9.93. The van der Waals surface area contributed by atoms with Gasteiger partial charge in [-0.3, -0.25) is 37.3 Å². The molecule has 602 valence electrons. The van der Waals surface area contributed by atoms with Gasteiger partial charge in [0.05, 0.1) is 26.4 Å². The number of carbonyl (C=O) groups excluding carboxylic acids is 4. The minimum atomic E-state index is -4.97. The number of aliphatic hydroxyl groups excluding tert-OH is 1. The molecule has 17 nitrogen and oxygen atoms in total. The van der Waals surface area contributed by atoms with E-state index < -0.39 is 97.5 Å². The lowest BCUT2D eigenvalue weighted by atomic mass is 10.0. The quantitative estimate of drug-likeness (QED) is 0.0169. The van der Waals surface area contributed by atoms with E-state index in [0.717, 1.165) is 103 Å². The van der Waals surface area contributed by atoms with Crippen LogP contribution in [0.25, 0.3) is 0 Å². The summed E-state index contributed by atoms with van der Waals surface area (Å²) in [6.45, 7) is 4.98. The minimum absolute atomic E-state index is 0.0861. The summed E-state index contributed by atoms with van der Waals surface area (Å²) in [5.41, 5.74) is 0. The van der Waals surface area contributed by atoms with E-state index in [4.69, 9.17) is 37.0 Å². The van der Waals surface area contributed by atoms with Gasteiger partial charge in [-0.1, -0.05) is 373 Å². The fourth-order valence-corrected chi connectivity index (χ4v) is 14.0. The molecule has 0 radical (unpaired) electrons. The Labute approximate surface area is 624 Å². The summed E-state index contributed by atoms with van der Waals surface area (Å²) in [5, 5.41) is 10.7. The first-order chi connectivity index (χ1) is 49.7. The zero-order chi connectivity index (χ0) is 74.6. The highest BCUT2D eigenvalue weighted by atomic mass is 31.2. The van der Waals surface area contributed by atoms with Crippen molar-refractivity contribution in [3.63, 3.8) is 0 Å². The van der Waals surface area contributed by atoms with Crippen LogP contribution in [0, 0.1) is 0 Å². The third-order valence-electron chi connectivity index (χ3n) is 19.0. The molecule has 0 rings (SSSR count). The van der Waals surface area contributed by atoms with Crippen molar-refractivity contribution in [1.29, 1.82) is 0 Å². The molecule has 0 fully saturated rings. The van der Waals surface area contributed by atoms with Gasteiger partial charge in [0.15, 0.2) is 12.2 Å². The van der Waals surface area contributed by atoms with Crippen LogP contribution in [0.3, 0.4) is 0 Å². The third kappa shape index (κ3) is 75.8. The SMILES string of the molecule is CCCCCC/C=C\C=C/CCCCCCCC(=O)O[C@H](COC(=O)CCCCCCCCCCCCCCC)COP(=O)(O)OC[C@H](O)COP(=O)(O)OC[C@@H](COC(=O)CCCCCCCCCCCCCCCCCCC)OC(=O)CCCCCCCCCCCCCCCCCCC. The van der Waals surface area contributed by atoms with Crippen molar-refractivity contribution in [1.82, 2.24) is 0 Å². The van der Waals surface area contributed by atoms with E-state index in [1.165, 1.54) is 244 Å². The van der Waals surface area contributed by atoms with E-state index in [-0.39, 0.29) is 25.7 Å². The Balaban J connectivity index is 5.29. The molecule has 0 aromatic heterocycles. The summed E-state index contributed by atoms with van der Waals surface area (Å²) in [6.07, 6.45) is 72.8. The Morgan fingerprint density at radius 1 is 0.275 bits per heavy atom. The van der Waals surface area contributed by atoms with Gasteiger partial charge in [-0.05, 0) is 51.4 Å². The summed E-state index contributed by atoms with van der Waals surface area (Å²) in [5.74, 6) is -2.13. The number of allylic oxidation sites excluding steroid dienone is 4. The fourth-order valence-electron chi connectivity index (χ4n) is 12.5. The molecule has 102 heavy (non-hydrogen) atoms. The van der Waals surface area contributed by atoms with Crippen LogP contribution in [-0.4, -0.2) is 96.7 Å². The van der Waals surface area contributed by atoms with E-state index in [0.29, 0.717) is 25.7 Å². The van der Waals surface area contributed by atoms with Gasteiger partial charge < -0.3 is 33.8 Å². The molecule has 0 saturated carbocycles. The molecule has 0 heterocycles. The van der Waals surface area contributed by atoms with E-state index in [1.807, 2.05) is 0 Å². The van der Waals surface area contributed by atoms with Gasteiger partial charge >= 0.3 is 39.5 Å². The average molecular weight is 1490 g/mol. The standard InChI is InChI=1S/C83H158O17P2/c1-5-9-13-17-21-25-29-33-36-38-41-44-48-52-56-60-64-68-81(86)94-74-79(100-83(88)70-66-62-58-54-50-46-42-39-37-34-30-26-22-18-14-10-6-2)76-98-102(91,92)96-72-77(84)71-95-101(89,90)97-75-78(73-93-80(85)67-63-59-55-51-47-43-32-28-24-20-16-12-8-4)99-82(87)69-65-61-57-53-49-45-40-35-31-27-23-19-15-11-7-3/h27,31,35,40,77-79,84H,5-26,28-30,32-34,36-39,41-76H2,1-4H3,(H,89,90)(H,91,92)/b31-27-,40-35-/t77-,78+,79+/m0/s1. The van der Waals surface area contributed by atoms with Crippen LogP contribution in [-0.2, 0) is 65.4 Å². The van der Waals surface area contributed by atoms with Crippen LogP contribution in [0.1, 0.15) is 426 Å². The zero-order valence-electron chi connectivity index (χ0n) is 66.1. The molecule has 0 spiro atoms. The molecule has 0 aromatic carbocycles. The summed E-state index contributed by atoms with van der Waals surface area (Å²) in [6, 6.07) is 0. The molecule has 0 aliphatic rings. The molecular weight excluding hydrogens is 1330 g/mol. The second-order valence-corrected chi connectivity index (χ2v) is 32.1. The number of rotatable bonds is 82. The van der Waals surface area contributed by atoms with Crippen LogP contribution >= 0.6 is 15.6 Å². The first-order valence-electron chi connectivity index (χ1n) is 42.6. The Bertz CT molecular complexity index is 2020. The molecule has 0 aromatic rings. The van der Waals surface area contributed by atoms with E-state index >= 15 is 0 Å². The minimum Gasteiger partial charge on any atom is -0.462 e. The lowest BCUT2D eigenvalue weighted by Gasteiger charge is -2.21. The third-order valence-corrected chi connectivity index (χ3v) is 20.9. The van der Waals surface area contributed by atoms with Crippen molar-refractivity contribution in [3.8, 4) is 0 Å². The fraction of sp³-hybridized carbons (Fsp3) is 0.904. The van der Waals surface area contributed by atoms with Crippen LogP contribution in [0.2, 0.25) is 0 Å². The van der Waals surface area contributed by atoms with Gasteiger partial charge in [0.1, 0.15) is 19.3 Å². The molecule has 2 unspecified atom stereocenters. The second-order valence-electron chi connectivity index (χ2n) is 29.2. The van der Waals surface area contributed by atoms with Crippen molar-refractivity contribution < 1.29 is 80.2 Å². The normalized spacial score (nSPS) is 13.9. The molecular formula is C83H158O17P2. The Hall–Kier alpha value is -2.46. The Morgan fingerprint density at radius 2 is 0.471 bits per heavy atom. The zero-order valence-corrected chi connectivity index (χ0v) is 67.9. The number of carbonyl (C=O) groups is 4. The van der Waals surface area contributed by atoms with Gasteiger partial charge in [0.25, 0.3) is 0 Å². The number of unbranched alkanes of at least 4 members (excludes halogenated alkanes) is 53. The van der Waals surface area contributed by atoms with Crippen molar-refractivity contribution in [2.24, 2.45) is 0 Å². The lowest BCUT2D eigenvalue weighted by molar-refractivity contribution is -0.161. The molecule has 0 amide bonds. The molecule has 3 N–H and O–H groups in total. The monoisotopic (exact) mass is 1490 g/mol. The van der Waals surface area contributed by atoms with Gasteiger partial charge in [-0.25, -0.2) is 9.13 Å². The van der Waals surface area contributed by atoms with E-state index in [2.05, 4.69) is 52.0 Å². The Morgan fingerprint density at radius 3 is 0.716 bits per heavy atom. The van der Waals surface area contributed by atoms with Crippen LogP contribution < -0.4 is 0 Å². The molecule has 0 aliphatic carbocycles. The van der Waals surface area contributed by atoms with Crippen LogP contribution in [0.4, 0.5) is 0 Å². The maximum absolute atomic E-state index is 13.1. The number of phosphoric acid groups is 2. The van der Waals surface area contributed by atoms with Crippen LogP contribution in [0.5, 0.6) is 0 Å². The molecule has 0 aliphatic heterocycles. The predicted molar refractivity (Wildman–Crippen MR) is 418 cm³/mol. The predicted octanol–water partition coefficient (Wildman–Crippen LogP) is 24.9. The lowest BCUT2D eigenvalue weighted by Crippen LogP contribution is -2.30. The maximum atomic E-state index is 13.1. The second kappa shape index (κ2) is 76.7. The Kier molecular flexibility index (Phi) is 74.9. The summed E-state index contributed by atoms with van der Waals surface area (Å²) < 4.78 is 68.8. The van der Waals surface area contributed by atoms with Gasteiger partial charge in [-0.2, -0.15) is 0 Å². The van der Waals surface area contributed by atoms with Gasteiger partial charge in [0.2, 0.25) is 0 Å². The van der Waals surface area contributed by atoms with Crippen molar-refractivity contribution >= 4 is 39.5 Å². The highest BCUT2D eigenvalue weighted by molar-refractivity contribution is 7.47. The number of hydrogen-bond acceptors (Lipinski definition) is 15. The van der Waals surface area contributed by atoms with Crippen LogP contribution in [0.15, 0.2) is 24.3 Å². The first kappa shape index (κ1) is 99.5. The van der Waals surface area contributed by atoms with Gasteiger partial charge in [0, 0.05) is 25.7 Å². The number of esters is 4. The highest BCUT2D eigenvalue weighted by Gasteiger charge is 2.30. The number of phosphoric ester groups is 2. The highest BCUT2D eigenvalue weighted by Crippen LogP contribution is 2.45. The number of ether oxygens (including phenoxy) is 4. The van der Waals surface area contributed by atoms with Crippen molar-refractivity contribution in [2.75, 3.05) is 39.6 Å². The van der Waals surface area contributed by atoms with Crippen molar-refractivity contribution in [2.45, 2.75) is 444 Å². The van der Waals surface area contributed by atoms with E-state index in [9.17, 15) is 43.2 Å². The first-order valence-corrected chi connectivity index (χ1v) is 45.6. The summed E-state index contributed by atoms with van der Waals surface area (Å²) in [4.78, 5) is 73.1. The average Bonchev–Trinajstić information content (AvgIpc) is 1.38. The maximum Gasteiger partial charge on any atom is 0.472 e. The van der Waals surface area contributed by atoms with Gasteiger partial charge in [-0.15, -0.1) is 0 Å². The summed E-state index contributed by atoms with van der Waals surface area (Å²) >= 11 is 0. The number of hydrogen-bond donors (Lipinski definition) is 3. The molecule has 19 heteroatoms. The smallest absolute Gasteiger partial charge is 0.462 e. The molecule has 5 atom stereocenters. The van der Waals surface area contributed by atoms with Crippen molar-refractivity contribution in [3.05, 3.63) is 24.3 Å². The molecule has 0 saturated heterocycles. The van der Waals surface area contributed by atoms with E-state index in [1.54, 1.807) is 0 Å². The topological polar surface area (TPSA) is 237 Å². The largest absolute Gasteiger partial charge is 0.472 e.